The van der Waals surface area contributed by atoms with Crippen molar-refractivity contribution in [3.8, 4) is 0 Å². The van der Waals surface area contributed by atoms with Crippen molar-refractivity contribution < 1.29 is 4.74 Å². The average molecular weight is 448 g/mol. The van der Waals surface area contributed by atoms with Crippen LogP contribution in [0.4, 0.5) is 11.4 Å². The van der Waals surface area contributed by atoms with E-state index in [9.17, 15) is 0 Å². The number of ether oxygens (including phenoxy) is 1. The van der Waals surface area contributed by atoms with Crippen molar-refractivity contribution in [1.29, 1.82) is 0 Å². The van der Waals surface area contributed by atoms with Crippen LogP contribution < -0.4 is 15.1 Å². The zero-order valence-electron chi connectivity index (χ0n) is 18.5. The van der Waals surface area contributed by atoms with Crippen molar-refractivity contribution >= 4 is 28.7 Å². The molecule has 2 saturated heterocycles. The first-order valence-electron chi connectivity index (χ1n) is 11.2. The molecule has 166 valence electrons. The van der Waals surface area contributed by atoms with Crippen molar-refractivity contribution in [3.63, 3.8) is 0 Å². The molecule has 0 bridgehead atoms. The van der Waals surface area contributed by atoms with Crippen LogP contribution in [0.1, 0.15) is 36.3 Å². The molecule has 7 heteroatoms. The number of thiocarbonyl (C=S) groups is 1. The number of rotatable bonds is 6. The fourth-order valence-corrected chi connectivity index (χ4v) is 5.06. The zero-order chi connectivity index (χ0) is 22.1. The van der Waals surface area contributed by atoms with Crippen LogP contribution >= 0.6 is 12.2 Å². The zero-order valence-corrected chi connectivity index (χ0v) is 19.3. The summed E-state index contributed by atoms with van der Waals surface area (Å²) in [6.07, 6.45) is 6.51. The maximum Gasteiger partial charge on any atom is 0.174 e. The minimum atomic E-state index is -0.0460. The maximum atomic E-state index is 5.93. The Morgan fingerprint density at radius 1 is 1.12 bits per heavy atom. The van der Waals surface area contributed by atoms with Crippen molar-refractivity contribution in [2.45, 2.75) is 37.6 Å². The fraction of sp³-hybridized carbons (Fsp3) is 0.360. The average Bonchev–Trinajstić information content (AvgIpc) is 3.55. The highest BCUT2D eigenvalue weighted by molar-refractivity contribution is 7.80. The summed E-state index contributed by atoms with van der Waals surface area (Å²) in [6, 6.07) is 18.9. The van der Waals surface area contributed by atoms with Gasteiger partial charge in [0, 0.05) is 56.7 Å². The number of anilines is 2. The Hall–Kier alpha value is -2.90. The molecule has 0 radical (unpaired) electrons. The van der Waals surface area contributed by atoms with Gasteiger partial charge in [0.15, 0.2) is 5.11 Å². The molecule has 3 atom stereocenters. The second-order valence-corrected chi connectivity index (χ2v) is 9.01. The smallest absolute Gasteiger partial charge is 0.174 e. The van der Waals surface area contributed by atoms with E-state index in [2.05, 4.69) is 87.4 Å². The Morgan fingerprint density at radius 3 is 2.66 bits per heavy atom. The third-order valence-electron chi connectivity index (χ3n) is 6.33. The van der Waals surface area contributed by atoms with Gasteiger partial charge in [0.2, 0.25) is 0 Å². The largest absolute Gasteiger partial charge is 0.378 e. The van der Waals surface area contributed by atoms with Gasteiger partial charge in [-0.2, -0.15) is 0 Å². The fourth-order valence-electron chi connectivity index (χ4n) is 4.71. The number of aromatic nitrogens is 2. The van der Waals surface area contributed by atoms with E-state index in [0.717, 1.165) is 43.1 Å². The molecule has 1 N–H and O–H groups in total. The second kappa shape index (κ2) is 8.92. The molecule has 32 heavy (non-hydrogen) atoms. The molecule has 4 heterocycles. The van der Waals surface area contributed by atoms with Crippen LogP contribution in [0.25, 0.3) is 0 Å². The standard InChI is InChI=1S/C25H29N5OS/c1-28(2)18-10-12-19(13-11-18)30-24(23(27-25(30)32)21-8-3-4-14-26-21)22-9-5-15-29(22)17-20-7-6-16-31-20/h3-5,8-15,20,23-24H,6-7,16-17H2,1-2H3,(H,27,32)/t20-,23-,24+/m0/s1. The van der Waals surface area contributed by atoms with E-state index in [1.807, 2.05) is 18.3 Å². The Balaban J connectivity index is 1.55. The first-order chi connectivity index (χ1) is 15.6. The number of nitrogens with one attached hydrogen (secondary N) is 1. The molecule has 0 unspecified atom stereocenters. The van der Waals surface area contributed by atoms with Crippen LogP contribution in [-0.4, -0.2) is 41.5 Å². The number of pyridine rings is 1. The van der Waals surface area contributed by atoms with Gasteiger partial charge in [-0.05, 0) is 73.6 Å². The van der Waals surface area contributed by atoms with Crippen molar-refractivity contribution in [1.82, 2.24) is 14.9 Å². The first-order valence-corrected chi connectivity index (χ1v) is 11.6. The summed E-state index contributed by atoms with van der Waals surface area (Å²) in [5.41, 5.74) is 4.42. The molecule has 0 aliphatic carbocycles. The molecular formula is C25H29N5OS. The Kier molecular flexibility index (Phi) is 5.85. The number of hydrogen-bond acceptors (Lipinski definition) is 4. The van der Waals surface area contributed by atoms with Gasteiger partial charge in [-0.1, -0.05) is 6.07 Å². The van der Waals surface area contributed by atoms with Crippen molar-refractivity contribution in [3.05, 3.63) is 78.4 Å². The highest BCUT2D eigenvalue weighted by Crippen LogP contribution is 2.42. The molecule has 5 rings (SSSR count). The summed E-state index contributed by atoms with van der Waals surface area (Å²) in [5, 5.41) is 4.27. The predicted molar refractivity (Wildman–Crippen MR) is 132 cm³/mol. The monoisotopic (exact) mass is 447 g/mol. The van der Waals surface area contributed by atoms with E-state index < -0.39 is 0 Å². The van der Waals surface area contributed by atoms with Crippen LogP contribution in [0.15, 0.2) is 67.0 Å². The summed E-state index contributed by atoms with van der Waals surface area (Å²) in [7, 11) is 4.10. The van der Waals surface area contributed by atoms with Gasteiger partial charge in [-0.3, -0.25) is 4.98 Å². The molecular weight excluding hydrogens is 418 g/mol. The van der Waals surface area contributed by atoms with Gasteiger partial charge in [0.05, 0.1) is 17.8 Å². The third kappa shape index (κ3) is 3.98. The van der Waals surface area contributed by atoms with Crippen LogP contribution in [0.2, 0.25) is 0 Å². The quantitative estimate of drug-likeness (QED) is 0.569. The number of nitrogens with zero attached hydrogens (tertiary/aromatic N) is 4. The van der Waals surface area contributed by atoms with Gasteiger partial charge in [0.25, 0.3) is 0 Å². The first kappa shape index (κ1) is 21.0. The summed E-state index contributed by atoms with van der Waals surface area (Å²) in [6.45, 7) is 1.71. The van der Waals surface area contributed by atoms with Gasteiger partial charge in [-0.25, -0.2) is 0 Å². The normalized spacial score (nSPS) is 22.9. The second-order valence-electron chi connectivity index (χ2n) is 8.63. The molecule has 2 fully saturated rings. The summed E-state index contributed by atoms with van der Waals surface area (Å²) < 4.78 is 8.26. The molecule has 2 aromatic heterocycles. The van der Waals surface area contributed by atoms with E-state index in [-0.39, 0.29) is 18.2 Å². The Morgan fingerprint density at radius 2 is 1.97 bits per heavy atom. The summed E-state index contributed by atoms with van der Waals surface area (Å²) in [4.78, 5) is 9.00. The van der Waals surface area contributed by atoms with Gasteiger partial charge < -0.3 is 24.4 Å². The molecule has 6 nitrogen and oxygen atoms in total. The summed E-state index contributed by atoms with van der Waals surface area (Å²) in [5.74, 6) is 0. The van der Waals surface area contributed by atoms with Crippen LogP contribution in [0, 0.1) is 0 Å². The van der Waals surface area contributed by atoms with E-state index in [1.165, 1.54) is 5.69 Å². The SMILES string of the molecule is CN(C)c1ccc(N2C(=S)N[C@@H](c3ccccn3)[C@H]2c2cccn2C[C@@H]2CCCO2)cc1. The minimum Gasteiger partial charge on any atom is -0.378 e. The predicted octanol–water partition coefficient (Wildman–Crippen LogP) is 4.31. The molecule has 3 aromatic rings. The molecule has 0 saturated carbocycles. The van der Waals surface area contributed by atoms with E-state index >= 15 is 0 Å². The van der Waals surface area contributed by atoms with Crippen LogP contribution in [0.5, 0.6) is 0 Å². The van der Waals surface area contributed by atoms with Gasteiger partial charge in [0.1, 0.15) is 6.04 Å². The molecule has 1 aromatic carbocycles. The highest BCUT2D eigenvalue weighted by Gasteiger charge is 2.42. The molecule has 0 amide bonds. The van der Waals surface area contributed by atoms with Crippen LogP contribution in [0.3, 0.4) is 0 Å². The number of hydrogen-bond donors (Lipinski definition) is 1. The minimum absolute atomic E-state index is 0.0148. The lowest BCUT2D eigenvalue weighted by atomic mass is 10.0. The lowest BCUT2D eigenvalue weighted by molar-refractivity contribution is 0.0961. The molecule has 2 aliphatic rings. The van der Waals surface area contributed by atoms with Crippen molar-refractivity contribution in [2.24, 2.45) is 0 Å². The molecule has 0 spiro atoms. The number of benzene rings is 1. The van der Waals surface area contributed by atoms with Crippen molar-refractivity contribution in [2.75, 3.05) is 30.5 Å². The van der Waals surface area contributed by atoms with Crippen LogP contribution in [-0.2, 0) is 11.3 Å². The third-order valence-corrected chi connectivity index (χ3v) is 6.65. The maximum absolute atomic E-state index is 5.93. The highest BCUT2D eigenvalue weighted by atomic mass is 32.1. The van der Waals surface area contributed by atoms with Gasteiger partial charge in [-0.15, -0.1) is 0 Å². The lowest BCUT2D eigenvalue weighted by Crippen LogP contribution is -2.31. The van der Waals surface area contributed by atoms with Gasteiger partial charge >= 0.3 is 0 Å². The lowest BCUT2D eigenvalue weighted by Gasteiger charge is -2.29. The molecule has 2 aliphatic heterocycles. The van der Waals surface area contributed by atoms with E-state index in [0.29, 0.717) is 5.11 Å². The Bertz CT molecular complexity index is 1060. The van der Waals surface area contributed by atoms with E-state index in [1.54, 1.807) is 0 Å². The van der Waals surface area contributed by atoms with E-state index in [4.69, 9.17) is 17.0 Å². The topological polar surface area (TPSA) is 45.6 Å². The Labute approximate surface area is 194 Å². The summed E-state index contributed by atoms with van der Waals surface area (Å²) >= 11 is 5.86.